The average Bonchev–Trinajstić information content (AvgIpc) is 3.11. The Kier molecular flexibility index (Phi) is 10.1. The van der Waals surface area contributed by atoms with Gasteiger partial charge in [-0.25, -0.2) is 9.78 Å². The van der Waals surface area contributed by atoms with Gasteiger partial charge in [0.05, 0.1) is 13.2 Å². The Balaban J connectivity index is 1.44. The lowest BCUT2D eigenvalue weighted by molar-refractivity contribution is 0.262. The van der Waals surface area contributed by atoms with Gasteiger partial charge in [0, 0.05) is 41.1 Å². The van der Waals surface area contributed by atoms with Crippen molar-refractivity contribution >= 4 is 28.4 Å². The summed E-state index contributed by atoms with van der Waals surface area (Å²) in [5.41, 5.74) is 6.32. The summed E-state index contributed by atoms with van der Waals surface area (Å²) in [6.07, 6.45) is 4.10. The van der Waals surface area contributed by atoms with E-state index in [-0.39, 0.29) is 29.6 Å². The standard InChI is InChI=1S/C41H41N5O3/c1-27(2)33-18-11-19-34(28(3)4)37(33)44-41(48)45-38-36(30-15-10-17-32(25-30)49-24-21-31-16-8-9-22-42-31)35-20-12-23-43-39(35)46(40(38)47)26-29-13-6-5-7-14-29/h5-20,22-23,25,27-28H,21,24,26H2,1-4H3,(H2,44,45,48). The summed E-state index contributed by atoms with van der Waals surface area (Å²) in [5.74, 6) is 1.00. The molecule has 3 aromatic heterocycles. The quantitative estimate of drug-likeness (QED) is 0.146. The third kappa shape index (κ3) is 7.54. The number of carbonyl (C=O) groups excluding carboxylic acids is 1. The highest BCUT2D eigenvalue weighted by Gasteiger charge is 2.23. The van der Waals surface area contributed by atoms with Crippen LogP contribution >= 0.6 is 0 Å². The molecular weight excluding hydrogens is 610 g/mol. The van der Waals surface area contributed by atoms with Crippen molar-refractivity contribution in [2.45, 2.75) is 52.5 Å². The summed E-state index contributed by atoms with van der Waals surface area (Å²) in [6, 6.07) is 32.5. The Labute approximate surface area is 286 Å². The van der Waals surface area contributed by atoms with E-state index in [4.69, 9.17) is 4.74 Å². The Hall–Kier alpha value is -5.76. The van der Waals surface area contributed by atoms with Gasteiger partial charge in [-0.3, -0.25) is 14.3 Å². The molecule has 3 aromatic carbocycles. The molecule has 0 saturated carbocycles. The number of benzene rings is 3. The van der Waals surface area contributed by atoms with E-state index < -0.39 is 6.03 Å². The zero-order valence-corrected chi connectivity index (χ0v) is 28.3. The first-order valence-corrected chi connectivity index (χ1v) is 16.7. The van der Waals surface area contributed by atoms with Crippen LogP contribution in [-0.2, 0) is 13.0 Å². The van der Waals surface area contributed by atoms with Crippen molar-refractivity contribution in [3.63, 3.8) is 0 Å². The van der Waals surface area contributed by atoms with Gasteiger partial charge in [0.15, 0.2) is 0 Å². The Bertz CT molecular complexity index is 2100. The van der Waals surface area contributed by atoms with Crippen LogP contribution < -0.4 is 20.9 Å². The van der Waals surface area contributed by atoms with Crippen molar-refractivity contribution < 1.29 is 9.53 Å². The van der Waals surface area contributed by atoms with E-state index in [2.05, 4.69) is 48.3 Å². The third-order valence-electron chi connectivity index (χ3n) is 8.53. The number of fused-ring (bicyclic) bond motifs is 1. The van der Waals surface area contributed by atoms with E-state index in [1.54, 1.807) is 17.0 Å². The summed E-state index contributed by atoms with van der Waals surface area (Å²) in [6.45, 7) is 9.13. The number of nitrogens with zero attached hydrogens (tertiary/aromatic N) is 3. The first-order valence-electron chi connectivity index (χ1n) is 16.7. The predicted molar refractivity (Wildman–Crippen MR) is 198 cm³/mol. The number of ether oxygens (including phenoxy) is 1. The highest BCUT2D eigenvalue weighted by Crippen LogP contribution is 2.36. The average molecular weight is 652 g/mol. The summed E-state index contributed by atoms with van der Waals surface area (Å²) >= 11 is 0. The minimum absolute atomic E-state index is 0.160. The molecule has 0 saturated heterocycles. The van der Waals surface area contributed by atoms with Gasteiger partial charge in [0.2, 0.25) is 0 Å². The Morgan fingerprint density at radius 2 is 1.45 bits per heavy atom. The van der Waals surface area contributed by atoms with Crippen LogP contribution in [0.15, 0.2) is 120 Å². The molecule has 8 nitrogen and oxygen atoms in total. The molecule has 0 bridgehead atoms. The normalized spacial score (nSPS) is 11.2. The number of hydrogen-bond acceptors (Lipinski definition) is 5. The largest absolute Gasteiger partial charge is 0.493 e. The lowest BCUT2D eigenvalue weighted by Gasteiger charge is -2.22. The second-order valence-electron chi connectivity index (χ2n) is 12.6. The number of amides is 2. The molecule has 248 valence electrons. The maximum Gasteiger partial charge on any atom is 0.323 e. The molecule has 0 aliphatic heterocycles. The maximum atomic E-state index is 14.6. The monoisotopic (exact) mass is 651 g/mol. The predicted octanol–water partition coefficient (Wildman–Crippen LogP) is 9.02. The molecule has 3 heterocycles. The zero-order chi connectivity index (χ0) is 34.3. The third-order valence-corrected chi connectivity index (χ3v) is 8.53. The number of pyridine rings is 3. The fraction of sp³-hybridized carbons (Fsp3) is 0.220. The van der Waals surface area contributed by atoms with Crippen molar-refractivity contribution in [1.29, 1.82) is 0 Å². The number of carbonyl (C=O) groups is 1. The topological polar surface area (TPSA) is 98.1 Å². The second-order valence-corrected chi connectivity index (χ2v) is 12.6. The summed E-state index contributed by atoms with van der Waals surface area (Å²) < 4.78 is 7.77. The molecule has 0 spiro atoms. The SMILES string of the molecule is CC(C)c1cccc(C(C)C)c1NC(=O)Nc1c(-c2cccc(OCCc3ccccn3)c2)c2cccnc2n(Cc2ccccc2)c1=O. The zero-order valence-electron chi connectivity index (χ0n) is 28.3. The smallest absolute Gasteiger partial charge is 0.323 e. The summed E-state index contributed by atoms with van der Waals surface area (Å²) in [4.78, 5) is 37.6. The van der Waals surface area contributed by atoms with E-state index in [0.29, 0.717) is 30.0 Å². The van der Waals surface area contributed by atoms with Gasteiger partial charge in [0.1, 0.15) is 17.1 Å². The molecule has 0 radical (unpaired) electrons. The molecule has 2 amide bonds. The first-order chi connectivity index (χ1) is 23.8. The summed E-state index contributed by atoms with van der Waals surface area (Å²) in [5, 5.41) is 6.85. The van der Waals surface area contributed by atoms with Gasteiger partial charge < -0.3 is 15.4 Å². The van der Waals surface area contributed by atoms with Gasteiger partial charge >= 0.3 is 6.03 Å². The van der Waals surface area contributed by atoms with Crippen LogP contribution in [0.1, 0.15) is 61.9 Å². The molecule has 2 N–H and O–H groups in total. The molecule has 49 heavy (non-hydrogen) atoms. The van der Waals surface area contributed by atoms with Crippen molar-refractivity contribution in [2.75, 3.05) is 17.2 Å². The Morgan fingerprint density at radius 1 is 0.755 bits per heavy atom. The minimum Gasteiger partial charge on any atom is -0.493 e. The fourth-order valence-electron chi connectivity index (χ4n) is 6.12. The number of rotatable bonds is 11. The fourth-order valence-corrected chi connectivity index (χ4v) is 6.12. The molecule has 0 fully saturated rings. The number of para-hydroxylation sites is 1. The lowest BCUT2D eigenvalue weighted by atomic mass is 9.93. The van der Waals surface area contributed by atoms with E-state index in [9.17, 15) is 9.59 Å². The molecular formula is C41H41N5O3. The van der Waals surface area contributed by atoms with Crippen LogP contribution in [0.3, 0.4) is 0 Å². The van der Waals surface area contributed by atoms with E-state index in [1.807, 2.05) is 103 Å². The van der Waals surface area contributed by atoms with Crippen LogP contribution in [-0.4, -0.2) is 27.2 Å². The number of hydrogen-bond donors (Lipinski definition) is 2. The van der Waals surface area contributed by atoms with Crippen molar-refractivity contribution in [2.24, 2.45) is 0 Å². The van der Waals surface area contributed by atoms with Gasteiger partial charge in [-0.1, -0.05) is 94.4 Å². The molecule has 0 aliphatic carbocycles. The van der Waals surface area contributed by atoms with Crippen LogP contribution in [0.25, 0.3) is 22.2 Å². The molecule has 0 unspecified atom stereocenters. The first kappa shape index (κ1) is 33.2. The maximum absolute atomic E-state index is 14.6. The summed E-state index contributed by atoms with van der Waals surface area (Å²) in [7, 11) is 0. The van der Waals surface area contributed by atoms with Gasteiger partial charge in [-0.05, 0) is 70.5 Å². The lowest BCUT2D eigenvalue weighted by Crippen LogP contribution is -2.30. The number of aromatic nitrogens is 3. The molecule has 6 aromatic rings. The van der Waals surface area contributed by atoms with Gasteiger partial charge in [-0.15, -0.1) is 0 Å². The van der Waals surface area contributed by atoms with Crippen LogP contribution in [0, 0.1) is 0 Å². The van der Waals surface area contributed by atoms with Gasteiger partial charge in [-0.2, -0.15) is 0 Å². The van der Waals surface area contributed by atoms with Gasteiger partial charge in [0.25, 0.3) is 5.56 Å². The van der Waals surface area contributed by atoms with E-state index >= 15 is 0 Å². The molecule has 0 atom stereocenters. The second kappa shape index (κ2) is 15.0. The highest BCUT2D eigenvalue weighted by atomic mass is 16.5. The Morgan fingerprint density at radius 3 is 2.16 bits per heavy atom. The number of nitrogens with one attached hydrogen (secondary N) is 2. The van der Waals surface area contributed by atoms with Crippen molar-refractivity contribution in [1.82, 2.24) is 14.5 Å². The van der Waals surface area contributed by atoms with E-state index in [0.717, 1.165) is 39.0 Å². The number of urea groups is 1. The minimum atomic E-state index is -0.495. The van der Waals surface area contributed by atoms with Crippen LogP contribution in [0.5, 0.6) is 5.75 Å². The van der Waals surface area contributed by atoms with Crippen LogP contribution in [0.4, 0.5) is 16.2 Å². The van der Waals surface area contributed by atoms with E-state index in [1.165, 1.54) is 0 Å². The van der Waals surface area contributed by atoms with Crippen LogP contribution in [0.2, 0.25) is 0 Å². The highest BCUT2D eigenvalue weighted by molar-refractivity contribution is 6.08. The molecule has 8 heteroatoms. The number of anilines is 2. The molecule has 0 aliphatic rings. The molecule has 6 rings (SSSR count). The van der Waals surface area contributed by atoms with Crippen molar-refractivity contribution in [3.8, 4) is 16.9 Å². The van der Waals surface area contributed by atoms with Crippen molar-refractivity contribution in [3.05, 3.63) is 148 Å².